The zero-order chi connectivity index (χ0) is 13.5. The predicted molar refractivity (Wildman–Crippen MR) is 74.4 cm³/mol. The lowest BCUT2D eigenvalue weighted by Crippen LogP contribution is -2.11. The van der Waals surface area contributed by atoms with Crippen LogP contribution in [0.25, 0.3) is 0 Å². The van der Waals surface area contributed by atoms with Crippen molar-refractivity contribution >= 4 is 11.7 Å². The minimum Gasteiger partial charge on any atom is -0.461 e. The van der Waals surface area contributed by atoms with Gasteiger partial charge in [-0.05, 0) is 23.6 Å². The van der Waals surface area contributed by atoms with Crippen molar-refractivity contribution in [1.29, 1.82) is 0 Å². The summed E-state index contributed by atoms with van der Waals surface area (Å²) in [4.78, 5) is 11.3. The fourth-order valence-electron chi connectivity index (χ4n) is 1.36. The largest absolute Gasteiger partial charge is 0.461 e. The Morgan fingerprint density at radius 3 is 2.28 bits per heavy atom. The highest BCUT2D eigenvalue weighted by atomic mass is 16.5. The number of benzene rings is 1. The molecule has 0 aliphatic rings. The Morgan fingerprint density at radius 2 is 1.78 bits per heavy atom. The minimum absolute atomic E-state index is 0.0722. The SMILES string of the molecule is CC(C)CNc1ccc(COC(=O)C(C)C)cc1. The first-order valence-electron chi connectivity index (χ1n) is 6.48. The zero-order valence-corrected chi connectivity index (χ0v) is 11.7. The fourth-order valence-corrected chi connectivity index (χ4v) is 1.36. The molecule has 0 aliphatic carbocycles. The van der Waals surface area contributed by atoms with Crippen LogP contribution in [0.4, 0.5) is 5.69 Å². The van der Waals surface area contributed by atoms with Gasteiger partial charge in [-0.1, -0.05) is 39.8 Å². The molecule has 3 heteroatoms. The minimum atomic E-state index is -0.156. The average Bonchev–Trinajstić information content (AvgIpc) is 2.34. The summed E-state index contributed by atoms with van der Waals surface area (Å²) in [7, 11) is 0. The molecular weight excluding hydrogens is 226 g/mol. The monoisotopic (exact) mass is 249 g/mol. The second-order valence-electron chi connectivity index (χ2n) is 5.23. The van der Waals surface area contributed by atoms with Crippen molar-refractivity contribution in [2.75, 3.05) is 11.9 Å². The molecule has 0 radical (unpaired) electrons. The van der Waals surface area contributed by atoms with Crippen LogP contribution in [0.2, 0.25) is 0 Å². The molecule has 0 atom stereocenters. The van der Waals surface area contributed by atoms with Gasteiger partial charge in [0, 0.05) is 12.2 Å². The maximum Gasteiger partial charge on any atom is 0.308 e. The van der Waals surface area contributed by atoms with Gasteiger partial charge in [-0.2, -0.15) is 0 Å². The van der Waals surface area contributed by atoms with E-state index in [0.29, 0.717) is 12.5 Å². The average molecular weight is 249 g/mol. The van der Waals surface area contributed by atoms with Crippen molar-refractivity contribution in [2.24, 2.45) is 11.8 Å². The van der Waals surface area contributed by atoms with E-state index >= 15 is 0 Å². The molecule has 0 bridgehead atoms. The third-order valence-electron chi connectivity index (χ3n) is 2.52. The standard InChI is InChI=1S/C15H23NO2/c1-11(2)9-16-14-7-5-13(6-8-14)10-18-15(17)12(3)4/h5-8,11-12,16H,9-10H2,1-4H3. The smallest absolute Gasteiger partial charge is 0.308 e. The fraction of sp³-hybridized carbons (Fsp3) is 0.533. The quantitative estimate of drug-likeness (QED) is 0.785. The van der Waals surface area contributed by atoms with E-state index in [0.717, 1.165) is 17.8 Å². The third kappa shape index (κ3) is 5.21. The third-order valence-corrected chi connectivity index (χ3v) is 2.52. The Morgan fingerprint density at radius 1 is 1.17 bits per heavy atom. The van der Waals surface area contributed by atoms with Crippen LogP contribution in [0.1, 0.15) is 33.3 Å². The Kier molecular flexibility index (Phi) is 5.69. The van der Waals surface area contributed by atoms with Gasteiger partial charge in [-0.15, -0.1) is 0 Å². The first-order valence-corrected chi connectivity index (χ1v) is 6.48. The molecule has 0 fully saturated rings. The van der Waals surface area contributed by atoms with Gasteiger partial charge in [-0.25, -0.2) is 0 Å². The van der Waals surface area contributed by atoms with Crippen LogP contribution in [-0.2, 0) is 16.1 Å². The summed E-state index contributed by atoms with van der Waals surface area (Å²) in [6.07, 6.45) is 0. The van der Waals surface area contributed by atoms with Crippen molar-refractivity contribution in [2.45, 2.75) is 34.3 Å². The van der Waals surface area contributed by atoms with Gasteiger partial charge >= 0.3 is 5.97 Å². The highest BCUT2D eigenvalue weighted by Gasteiger charge is 2.07. The maximum absolute atomic E-state index is 11.3. The van der Waals surface area contributed by atoms with Gasteiger partial charge in [0.25, 0.3) is 0 Å². The van der Waals surface area contributed by atoms with Gasteiger partial charge < -0.3 is 10.1 Å². The molecule has 0 heterocycles. The van der Waals surface area contributed by atoms with Crippen LogP contribution in [-0.4, -0.2) is 12.5 Å². The lowest BCUT2D eigenvalue weighted by molar-refractivity contribution is -0.148. The summed E-state index contributed by atoms with van der Waals surface area (Å²) in [5.41, 5.74) is 2.11. The van der Waals surface area contributed by atoms with E-state index < -0.39 is 0 Å². The first kappa shape index (κ1) is 14.6. The van der Waals surface area contributed by atoms with Gasteiger partial charge in [0.05, 0.1) is 5.92 Å². The summed E-state index contributed by atoms with van der Waals surface area (Å²) < 4.78 is 5.17. The second-order valence-corrected chi connectivity index (χ2v) is 5.23. The summed E-state index contributed by atoms with van der Waals surface area (Å²) in [5, 5.41) is 3.35. The van der Waals surface area contributed by atoms with Crippen LogP contribution in [0.3, 0.4) is 0 Å². The lowest BCUT2D eigenvalue weighted by Gasteiger charge is -2.10. The highest BCUT2D eigenvalue weighted by Crippen LogP contribution is 2.11. The summed E-state index contributed by atoms with van der Waals surface area (Å²) in [6.45, 7) is 9.32. The summed E-state index contributed by atoms with van der Waals surface area (Å²) in [6, 6.07) is 7.99. The van der Waals surface area contributed by atoms with Crippen molar-refractivity contribution in [3.63, 3.8) is 0 Å². The molecule has 1 N–H and O–H groups in total. The number of carbonyl (C=O) groups excluding carboxylic acids is 1. The van der Waals surface area contributed by atoms with Gasteiger partial charge in [-0.3, -0.25) is 4.79 Å². The molecule has 0 saturated heterocycles. The Bertz CT molecular complexity index is 369. The van der Waals surface area contributed by atoms with Crippen LogP contribution in [0, 0.1) is 11.8 Å². The Hall–Kier alpha value is -1.51. The number of rotatable bonds is 6. The molecule has 0 aliphatic heterocycles. The molecule has 0 spiro atoms. The second kappa shape index (κ2) is 7.04. The van der Waals surface area contributed by atoms with Crippen molar-refractivity contribution < 1.29 is 9.53 Å². The van der Waals surface area contributed by atoms with E-state index in [2.05, 4.69) is 19.2 Å². The number of ether oxygens (including phenoxy) is 1. The highest BCUT2D eigenvalue weighted by molar-refractivity contribution is 5.71. The van der Waals surface area contributed by atoms with Crippen LogP contribution < -0.4 is 5.32 Å². The zero-order valence-electron chi connectivity index (χ0n) is 11.7. The Labute approximate surface area is 110 Å². The van der Waals surface area contributed by atoms with Crippen molar-refractivity contribution in [3.8, 4) is 0 Å². The van der Waals surface area contributed by atoms with Crippen LogP contribution in [0.5, 0.6) is 0 Å². The Balaban J connectivity index is 2.43. The van der Waals surface area contributed by atoms with Crippen molar-refractivity contribution in [3.05, 3.63) is 29.8 Å². The van der Waals surface area contributed by atoms with E-state index in [-0.39, 0.29) is 11.9 Å². The summed E-state index contributed by atoms with van der Waals surface area (Å²) in [5.74, 6) is 0.394. The van der Waals surface area contributed by atoms with E-state index in [1.54, 1.807) is 0 Å². The van der Waals surface area contributed by atoms with Crippen molar-refractivity contribution in [1.82, 2.24) is 0 Å². The number of nitrogens with one attached hydrogen (secondary N) is 1. The number of anilines is 1. The molecule has 0 unspecified atom stereocenters. The number of hydrogen-bond donors (Lipinski definition) is 1. The molecule has 100 valence electrons. The van der Waals surface area contributed by atoms with E-state index in [9.17, 15) is 4.79 Å². The topological polar surface area (TPSA) is 38.3 Å². The molecule has 0 saturated carbocycles. The van der Waals surface area contributed by atoms with E-state index in [4.69, 9.17) is 4.74 Å². The van der Waals surface area contributed by atoms with Gasteiger partial charge in [0.15, 0.2) is 0 Å². The molecule has 0 amide bonds. The molecule has 18 heavy (non-hydrogen) atoms. The molecule has 1 aromatic carbocycles. The number of carbonyl (C=O) groups is 1. The molecular formula is C15H23NO2. The summed E-state index contributed by atoms with van der Waals surface area (Å²) >= 11 is 0. The normalized spacial score (nSPS) is 10.8. The maximum atomic E-state index is 11.3. The number of esters is 1. The van der Waals surface area contributed by atoms with Gasteiger partial charge in [0.2, 0.25) is 0 Å². The molecule has 1 aromatic rings. The number of hydrogen-bond acceptors (Lipinski definition) is 3. The molecule has 1 rings (SSSR count). The van der Waals surface area contributed by atoms with Crippen LogP contribution in [0.15, 0.2) is 24.3 Å². The van der Waals surface area contributed by atoms with Crippen LogP contribution >= 0.6 is 0 Å². The van der Waals surface area contributed by atoms with Gasteiger partial charge in [0.1, 0.15) is 6.61 Å². The van der Waals surface area contributed by atoms with E-state index in [1.165, 1.54) is 0 Å². The lowest BCUT2D eigenvalue weighted by atomic mass is 10.2. The molecule has 3 nitrogen and oxygen atoms in total. The predicted octanol–water partition coefficient (Wildman–Crippen LogP) is 3.45. The van der Waals surface area contributed by atoms with E-state index in [1.807, 2.05) is 38.1 Å². The first-order chi connectivity index (χ1) is 8.49. The molecule has 0 aromatic heterocycles.